The molecule has 0 spiro atoms. The molecule has 3 N–H and O–H groups in total. The molecule has 0 aliphatic rings. The second-order valence-corrected chi connectivity index (χ2v) is 8.09. The Morgan fingerprint density at radius 2 is 1.48 bits per heavy atom. The van der Waals surface area contributed by atoms with Crippen molar-refractivity contribution in [3.05, 3.63) is 35.4 Å². The Balaban J connectivity index is 2.64. The number of hydrogen-bond acceptors (Lipinski definition) is 3. The third-order valence-electron chi connectivity index (χ3n) is 3.87. The van der Waals surface area contributed by atoms with Crippen molar-refractivity contribution in [2.75, 3.05) is 6.54 Å². The van der Waals surface area contributed by atoms with Crippen molar-refractivity contribution in [2.45, 2.75) is 40.0 Å². The maximum atomic E-state index is 12.2. The summed E-state index contributed by atoms with van der Waals surface area (Å²) in [6.45, 7) is 9.48. The molecule has 0 aromatic heterocycles. The van der Waals surface area contributed by atoms with Gasteiger partial charge in [-0.3, -0.25) is 0 Å². The van der Waals surface area contributed by atoms with Crippen molar-refractivity contribution >= 4 is 10.0 Å². The molecule has 0 amide bonds. The summed E-state index contributed by atoms with van der Waals surface area (Å²) in [4.78, 5) is 0. The molecular weight excluding hydrogens is 284 g/mol. The van der Waals surface area contributed by atoms with Crippen LogP contribution in [0.5, 0.6) is 0 Å². The molecule has 21 heavy (non-hydrogen) atoms. The SMILES string of the molecule is CC(C)C(CNS(=O)(=O)Cc1ccc(CN)cc1)C(C)C. The average molecular weight is 312 g/mol. The molecule has 1 rings (SSSR count). The largest absolute Gasteiger partial charge is 0.326 e. The predicted octanol–water partition coefficient (Wildman–Crippen LogP) is 2.49. The molecule has 120 valence electrons. The van der Waals surface area contributed by atoms with Crippen molar-refractivity contribution in [3.8, 4) is 0 Å². The summed E-state index contributed by atoms with van der Waals surface area (Å²) >= 11 is 0. The quantitative estimate of drug-likeness (QED) is 0.774. The van der Waals surface area contributed by atoms with Gasteiger partial charge in [-0.1, -0.05) is 52.0 Å². The lowest BCUT2D eigenvalue weighted by molar-refractivity contribution is 0.289. The van der Waals surface area contributed by atoms with E-state index in [1.807, 2.05) is 24.3 Å². The van der Waals surface area contributed by atoms with Gasteiger partial charge in [0, 0.05) is 13.1 Å². The molecule has 0 radical (unpaired) electrons. The second-order valence-electron chi connectivity index (χ2n) is 6.28. The second kappa shape index (κ2) is 7.92. The number of hydrogen-bond donors (Lipinski definition) is 2. The number of rotatable bonds is 8. The van der Waals surface area contributed by atoms with E-state index >= 15 is 0 Å². The lowest BCUT2D eigenvalue weighted by Gasteiger charge is -2.25. The van der Waals surface area contributed by atoms with Crippen LogP contribution in [-0.2, 0) is 22.3 Å². The van der Waals surface area contributed by atoms with Crippen LogP contribution in [0, 0.1) is 17.8 Å². The Hall–Kier alpha value is -0.910. The number of benzene rings is 1. The summed E-state index contributed by atoms with van der Waals surface area (Å²) < 4.78 is 27.1. The van der Waals surface area contributed by atoms with Crippen LogP contribution in [0.25, 0.3) is 0 Å². The van der Waals surface area contributed by atoms with Crippen LogP contribution in [0.4, 0.5) is 0 Å². The van der Waals surface area contributed by atoms with E-state index in [1.54, 1.807) is 0 Å². The van der Waals surface area contributed by atoms with Gasteiger partial charge in [0.2, 0.25) is 10.0 Å². The van der Waals surface area contributed by atoms with E-state index in [1.165, 1.54) is 0 Å². The van der Waals surface area contributed by atoms with E-state index in [9.17, 15) is 8.42 Å². The molecule has 0 fully saturated rings. The van der Waals surface area contributed by atoms with Gasteiger partial charge in [-0.2, -0.15) is 0 Å². The predicted molar refractivity (Wildman–Crippen MR) is 88.1 cm³/mol. The van der Waals surface area contributed by atoms with Crippen molar-refractivity contribution in [1.82, 2.24) is 4.72 Å². The van der Waals surface area contributed by atoms with Gasteiger partial charge in [0.05, 0.1) is 5.75 Å². The van der Waals surface area contributed by atoms with Crippen LogP contribution in [0.2, 0.25) is 0 Å². The van der Waals surface area contributed by atoms with Crippen molar-refractivity contribution < 1.29 is 8.42 Å². The first-order valence-electron chi connectivity index (χ1n) is 7.50. The maximum absolute atomic E-state index is 12.2. The van der Waals surface area contributed by atoms with Gasteiger partial charge in [-0.15, -0.1) is 0 Å². The van der Waals surface area contributed by atoms with Crippen LogP contribution in [0.1, 0.15) is 38.8 Å². The van der Waals surface area contributed by atoms with Gasteiger partial charge in [0.1, 0.15) is 0 Å². The van der Waals surface area contributed by atoms with Crippen molar-refractivity contribution in [3.63, 3.8) is 0 Å². The highest BCUT2D eigenvalue weighted by molar-refractivity contribution is 7.88. The first-order chi connectivity index (χ1) is 9.75. The van der Waals surface area contributed by atoms with Crippen LogP contribution in [-0.4, -0.2) is 15.0 Å². The van der Waals surface area contributed by atoms with E-state index in [0.717, 1.165) is 11.1 Å². The normalized spacial score (nSPS) is 12.6. The van der Waals surface area contributed by atoms with Gasteiger partial charge >= 0.3 is 0 Å². The van der Waals surface area contributed by atoms with E-state index in [4.69, 9.17) is 5.73 Å². The smallest absolute Gasteiger partial charge is 0.215 e. The molecule has 0 bridgehead atoms. The van der Waals surface area contributed by atoms with Gasteiger partial charge in [-0.25, -0.2) is 13.1 Å². The third kappa shape index (κ3) is 6.16. The van der Waals surface area contributed by atoms with Gasteiger partial charge < -0.3 is 5.73 Å². The number of nitrogens with two attached hydrogens (primary N) is 1. The molecule has 0 aliphatic heterocycles. The van der Waals surface area contributed by atoms with Crippen LogP contribution in [0.15, 0.2) is 24.3 Å². The fraction of sp³-hybridized carbons (Fsp3) is 0.625. The van der Waals surface area contributed by atoms with Crippen LogP contribution in [0.3, 0.4) is 0 Å². The molecule has 0 aliphatic carbocycles. The van der Waals surface area contributed by atoms with Gasteiger partial charge in [0.25, 0.3) is 0 Å². The van der Waals surface area contributed by atoms with E-state index in [-0.39, 0.29) is 5.75 Å². The summed E-state index contributed by atoms with van der Waals surface area (Å²) in [5.41, 5.74) is 7.32. The molecule has 0 heterocycles. The first-order valence-corrected chi connectivity index (χ1v) is 9.15. The highest BCUT2D eigenvalue weighted by Gasteiger charge is 2.20. The summed E-state index contributed by atoms with van der Waals surface area (Å²) in [5.74, 6) is 1.27. The highest BCUT2D eigenvalue weighted by atomic mass is 32.2. The maximum Gasteiger partial charge on any atom is 0.215 e. The highest BCUT2D eigenvalue weighted by Crippen LogP contribution is 2.20. The van der Waals surface area contributed by atoms with Gasteiger partial charge in [0.15, 0.2) is 0 Å². The Morgan fingerprint density at radius 3 is 1.90 bits per heavy atom. The number of nitrogens with one attached hydrogen (secondary N) is 1. The molecule has 0 saturated carbocycles. The van der Waals surface area contributed by atoms with E-state index in [0.29, 0.717) is 30.8 Å². The van der Waals surface area contributed by atoms with Crippen molar-refractivity contribution in [2.24, 2.45) is 23.5 Å². The third-order valence-corrected chi connectivity index (χ3v) is 5.19. The zero-order valence-electron chi connectivity index (χ0n) is 13.5. The summed E-state index contributed by atoms with van der Waals surface area (Å²) in [6.07, 6.45) is 0. The molecule has 0 saturated heterocycles. The minimum absolute atomic E-state index is 0.0146. The minimum Gasteiger partial charge on any atom is -0.326 e. The zero-order chi connectivity index (χ0) is 16.0. The molecule has 0 unspecified atom stereocenters. The minimum atomic E-state index is -3.30. The fourth-order valence-corrected chi connectivity index (χ4v) is 3.69. The molecule has 5 heteroatoms. The molecular formula is C16H28N2O2S. The topological polar surface area (TPSA) is 72.2 Å². The van der Waals surface area contributed by atoms with E-state index in [2.05, 4.69) is 32.4 Å². The summed E-state index contributed by atoms with van der Waals surface area (Å²) in [7, 11) is -3.30. The first kappa shape index (κ1) is 18.1. The van der Waals surface area contributed by atoms with Crippen molar-refractivity contribution in [1.29, 1.82) is 0 Å². The molecule has 1 aromatic carbocycles. The van der Waals surface area contributed by atoms with Gasteiger partial charge in [-0.05, 0) is 28.9 Å². The summed E-state index contributed by atoms with van der Waals surface area (Å²) in [5, 5.41) is 0. The molecule has 0 atom stereocenters. The standard InChI is InChI=1S/C16H28N2O2S/c1-12(2)16(13(3)4)10-18-21(19,20)11-15-7-5-14(9-17)6-8-15/h5-8,12-13,16,18H,9-11,17H2,1-4H3. The van der Waals surface area contributed by atoms with Crippen LogP contribution < -0.4 is 10.5 Å². The fourth-order valence-electron chi connectivity index (χ4n) is 2.51. The Labute approximate surface area is 129 Å². The Bertz CT molecular complexity index is 514. The lowest BCUT2D eigenvalue weighted by atomic mass is 9.86. The monoisotopic (exact) mass is 312 g/mol. The van der Waals surface area contributed by atoms with E-state index < -0.39 is 10.0 Å². The Kier molecular flexibility index (Phi) is 6.84. The zero-order valence-corrected chi connectivity index (χ0v) is 14.3. The summed E-state index contributed by atoms with van der Waals surface area (Å²) in [6, 6.07) is 7.39. The number of sulfonamides is 1. The van der Waals surface area contributed by atoms with Crippen LogP contribution >= 0.6 is 0 Å². The lowest BCUT2D eigenvalue weighted by Crippen LogP contribution is -2.34. The molecule has 1 aromatic rings. The Morgan fingerprint density at radius 1 is 1.00 bits per heavy atom. The average Bonchev–Trinajstić information content (AvgIpc) is 2.38. The molecule has 4 nitrogen and oxygen atoms in total.